The summed E-state index contributed by atoms with van der Waals surface area (Å²) in [5, 5.41) is 0. The Morgan fingerprint density at radius 2 is 1.32 bits per heavy atom. The van der Waals surface area contributed by atoms with E-state index in [-0.39, 0.29) is 11.2 Å². The van der Waals surface area contributed by atoms with E-state index in [2.05, 4.69) is 56.1 Å². The van der Waals surface area contributed by atoms with Crippen LogP contribution in [0.4, 0.5) is 0 Å². The number of carbonyl (C=O) groups excluding carboxylic acids is 1. The number of hydrogen-bond donors (Lipinski definition) is 0. The van der Waals surface area contributed by atoms with Gasteiger partial charge in [-0.1, -0.05) is 81.3 Å². The van der Waals surface area contributed by atoms with Crippen LogP contribution in [-0.2, 0) is 5.41 Å². The molecule has 0 unspecified atom stereocenters. The third-order valence-electron chi connectivity index (χ3n) is 6.77. The number of hydrogen-bond acceptors (Lipinski definition) is 2. The smallest absolute Gasteiger partial charge is 0.193 e. The van der Waals surface area contributed by atoms with Crippen LogP contribution in [0.15, 0.2) is 71.7 Å². The first-order valence-corrected chi connectivity index (χ1v) is 11.4. The normalized spacial score (nSPS) is 14.3. The summed E-state index contributed by atoms with van der Waals surface area (Å²) in [4.78, 5) is 17.6. The predicted molar refractivity (Wildman–Crippen MR) is 130 cm³/mol. The van der Waals surface area contributed by atoms with Gasteiger partial charge < -0.3 is 0 Å². The molecule has 4 rings (SSSR count). The molecule has 1 aliphatic carbocycles. The van der Waals surface area contributed by atoms with Crippen molar-refractivity contribution in [1.29, 1.82) is 0 Å². The van der Waals surface area contributed by atoms with E-state index < -0.39 is 0 Å². The van der Waals surface area contributed by atoms with Gasteiger partial charge >= 0.3 is 0 Å². The summed E-state index contributed by atoms with van der Waals surface area (Å²) in [5.41, 5.74) is 9.01. The molecule has 0 heterocycles. The van der Waals surface area contributed by atoms with Crippen LogP contribution in [0.1, 0.15) is 79.1 Å². The number of fused-ring (bicyclic) bond motifs is 3. The standard InChI is InChI=1S/C29H31NO/c1-5-16-29(17-6-2)26-18-22(20(3)30-4)12-14-24(26)25-15-13-23(19-27(25)29)28(31)21-10-8-7-9-11-21/h7-15,18-19H,5-6,16-17H2,1-4H3/b30-20-. The summed E-state index contributed by atoms with van der Waals surface area (Å²) in [7, 11) is 1.85. The SMILES string of the molecule is CCCC1(CCC)c2cc(C(=O)c3ccccc3)ccc2-c2ccc(/C(C)=N\C)cc21. The lowest BCUT2D eigenvalue weighted by atomic mass is 9.71. The van der Waals surface area contributed by atoms with Crippen LogP contribution in [0, 0.1) is 0 Å². The second-order valence-corrected chi connectivity index (χ2v) is 8.61. The molecule has 0 aliphatic heterocycles. The maximum absolute atomic E-state index is 13.2. The zero-order valence-corrected chi connectivity index (χ0v) is 19.0. The lowest BCUT2D eigenvalue weighted by Gasteiger charge is -2.32. The van der Waals surface area contributed by atoms with Crippen molar-refractivity contribution >= 4 is 11.5 Å². The molecule has 0 bridgehead atoms. The number of nitrogens with zero attached hydrogens (tertiary/aromatic N) is 1. The van der Waals surface area contributed by atoms with Gasteiger partial charge in [0.1, 0.15) is 0 Å². The molecule has 0 radical (unpaired) electrons. The molecular weight excluding hydrogens is 378 g/mol. The van der Waals surface area contributed by atoms with Gasteiger partial charge in [-0.3, -0.25) is 9.79 Å². The third-order valence-corrected chi connectivity index (χ3v) is 6.77. The summed E-state index contributed by atoms with van der Waals surface area (Å²) in [6, 6.07) is 22.7. The molecule has 3 aromatic rings. The van der Waals surface area contributed by atoms with Crippen molar-refractivity contribution < 1.29 is 4.79 Å². The average Bonchev–Trinajstić information content (AvgIpc) is 3.07. The Hall–Kier alpha value is -3.00. The van der Waals surface area contributed by atoms with Gasteiger partial charge in [0.25, 0.3) is 0 Å². The zero-order valence-electron chi connectivity index (χ0n) is 19.0. The van der Waals surface area contributed by atoms with Gasteiger partial charge in [0, 0.05) is 29.3 Å². The molecule has 0 N–H and O–H groups in total. The maximum atomic E-state index is 13.2. The van der Waals surface area contributed by atoms with Crippen molar-refractivity contribution in [2.75, 3.05) is 7.05 Å². The van der Waals surface area contributed by atoms with E-state index in [4.69, 9.17) is 0 Å². The first-order chi connectivity index (χ1) is 15.1. The number of rotatable bonds is 7. The van der Waals surface area contributed by atoms with Crippen molar-refractivity contribution in [2.45, 2.75) is 51.9 Å². The molecule has 0 spiro atoms. The molecule has 3 aromatic carbocycles. The van der Waals surface area contributed by atoms with E-state index in [0.29, 0.717) is 0 Å². The monoisotopic (exact) mass is 409 g/mol. The Morgan fingerprint density at radius 1 is 0.774 bits per heavy atom. The van der Waals surface area contributed by atoms with Crippen LogP contribution < -0.4 is 0 Å². The van der Waals surface area contributed by atoms with Gasteiger partial charge in [-0.25, -0.2) is 0 Å². The van der Waals surface area contributed by atoms with Crippen molar-refractivity contribution in [3.63, 3.8) is 0 Å². The number of aliphatic imine (C=N–C) groups is 1. The van der Waals surface area contributed by atoms with Gasteiger partial charge in [-0.05, 0) is 59.7 Å². The van der Waals surface area contributed by atoms with E-state index in [1.54, 1.807) is 0 Å². The van der Waals surface area contributed by atoms with Crippen LogP contribution in [-0.4, -0.2) is 18.5 Å². The second kappa shape index (κ2) is 8.63. The summed E-state index contributed by atoms with van der Waals surface area (Å²) in [6.07, 6.45) is 4.35. The highest BCUT2D eigenvalue weighted by molar-refractivity contribution is 6.09. The number of ketones is 1. The van der Waals surface area contributed by atoms with Crippen molar-refractivity contribution in [3.8, 4) is 11.1 Å². The molecule has 0 fully saturated rings. The first-order valence-electron chi connectivity index (χ1n) is 11.4. The minimum absolute atomic E-state index is 0.0504. The molecule has 2 nitrogen and oxygen atoms in total. The molecule has 1 aliphatic rings. The van der Waals surface area contributed by atoms with Gasteiger partial charge in [0.15, 0.2) is 5.78 Å². The Labute approximate surface area is 186 Å². The highest BCUT2D eigenvalue weighted by atomic mass is 16.1. The second-order valence-electron chi connectivity index (χ2n) is 8.61. The number of benzene rings is 3. The zero-order chi connectivity index (χ0) is 22.0. The Kier molecular flexibility index (Phi) is 5.91. The van der Waals surface area contributed by atoms with Gasteiger partial charge in [0.2, 0.25) is 0 Å². The van der Waals surface area contributed by atoms with Gasteiger partial charge in [-0.15, -0.1) is 0 Å². The summed E-state index contributed by atoms with van der Waals surface area (Å²) in [6.45, 7) is 6.59. The Morgan fingerprint density at radius 3 is 1.87 bits per heavy atom. The molecule has 0 saturated carbocycles. The molecule has 0 saturated heterocycles. The van der Waals surface area contributed by atoms with E-state index in [0.717, 1.165) is 42.5 Å². The molecule has 2 heteroatoms. The van der Waals surface area contributed by atoms with Crippen molar-refractivity contribution in [1.82, 2.24) is 0 Å². The maximum Gasteiger partial charge on any atom is 0.193 e. The lowest BCUT2D eigenvalue weighted by Crippen LogP contribution is -2.25. The topological polar surface area (TPSA) is 29.4 Å². The Balaban J connectivity index is 1.91. The molecule has 0 aromatic heterocycles. The van der Waals surface area contributed by atoms with Crippen LogP contribution in [0.25, 0.3) is 11.1 Å². The minimum atomic E-state index is -0.0504. The fourth-order valence-electron chi connectivity index (χ4n) is 5.26. The van der Waals surface area contributed by atoms with E-state index in [9.17, 15) is 4.79 Å². The predicted octanol–water partition coefficient (Wildman–Crippen LogP) is 7.22. The van der Waals surface area contributed by atoms with E-state index in [1.807, 2.05) is 43.4 Å². The largest absolute Gasteiger partial charge is 0.293 e. The average molecular weight is 410 g/mol. The summed E-state index contributed by atoms with van der Waals surface area (Å²) in [5.74, 6) is 0.0934. The van der Waals surface area contributed by atoms with E-state index in [1.165, 1.54) is 27.8 Å². The minimum Gasteiger partial charge on any atom is -0.293 e. The molecule has 158 valence electrons. The number of carbonyl (C=O) groups is 1. The van der Waals surface area contributed by atoms with Crippen molar-refractivity contribution in [2.24, 2.45) is 4.99 Å². The van der Waals surface area contributed by atoms with Crippen LogP contribution in [0.2, 0.25) is 0 Å². The summed E-state index contributed by atoms with van der Waals surface area (Å²) < 4.78 is 0. The van der Waals surface area contributed by atoms with Gasteiger partial charge in [0.05, 0.1) is 0 Å². The molecule has 0 atom stereocenters. The highest BCUT2D eigenvalue weighted by Gasteiger charge is 2.42. The quantitative estimate of drug-likeness (QED) is 0.299. The lowest BCUT2D eigenvalue weighted by molar-refractivity contribution is 0.103. The van der Waals surface area contributed by atoms with E-state index >= 15 is 0 Å². The summed E-state index contributed by atoms with van der Waals surface area (Å²) >= 11 is 0. The fraction of sp³-hybridized carbons (Fsp3) is 0.310. The molecular formula is C29H31NO. The molecule has 31 heavy (non-hydrogen) atoms. The first kappa shape index (κ1) is 21.2. The van der Waals surface area contributed by atoms with Crippen LogP contribution in [0.3, 0.4) is 0 Å². The highest BCUT2D eigenvalue weighted by Crippen LogP contribution is 2.54. The molecule has 0 amide bonds. The fourth-order valence-corrected chi connectivity index (χ4v) is 5.26. The third kappa shape index (κ3) is 3.54. The Bertz CT molecular complexity index is 1130. The van der Waals surface area contributed by atoms with Crippen LogP contribution >= 0.6 is 0 Å². The van der Waals surface area contributed by atoms with Gasteiger partial charge in [-0.2, -0.15) is 0 Å². The van der Waals surface area contributed by atoms with Crippen LogP contribution in [0.5, 0.6) is 0 Å². The van der Waals surface area contributed by atoms with Crippen molar-refractivity contribution in [3.05, 3.63) is 94.5 Å².